The van der Waals surface area contributed by atoms with Gasteiger partial charge in [0.25, 0.3) is 0 Å². The molecule has 0 spiro atoms. The number of carboxylic acids is 1. The molecule has 10 atom stereocenters. The number of thioether (sulfide) groups is 2. The van der Waals surface area contributed by atoms with E-state index in [1.165, 1.54) is 25.6 Å². The number of phosphoric acid groups is 3. The fraction of sp³-hybridized carbons (Fsp3) is 0.605. The van der Waals surface area contributed by atoms with Gasteiger partial charge in [-0.3, -0.25) is 52.2 Å². The van der Waals surface area contributed by atoms with Crippen LogP contribution in [0.25, 0.3) is 11.2 Å². The lowest BCUT2D eigenvalue weighted by Gasteiger charge is -2.30. The van der Waals surface area contributed by atoms with Crippen LogP contribution >= 0.6 is 47.0 Å². The number of hydrogen-bond acceptors (Lipinski definition) is 23. The van der Waals surface area contributed by atoms with Crippen molar-refractivity contribution in [3.05, 3.63) is 48.5 Å². The minimum Gasteiger partial charge on any atom is -0.481 e. The maximum Gasteiger partial charge on any atom is 0.481 e. The molecule has 2 aromatic heterocycles. The number of nitrogens with zero attached hydrogens (tertiary/aromatic N) is 4. The third-order valence-electron chi connectivity index (χ3n) is 11.9. The van der Waals surface area contributed by atoms with Gasteiger partial charge < -0.3 is 66.6 Å². The summed E-state index contributed by atoms with van der Waals surface area (Å²) in [5.74, 6) is -3.31. The van der Waals surface area contributed by atoms with Crippen LogP contribution in [-0.4, -0.2) is 174 Å². The second-order valence-corrected chi connectivity index (χ2v) is 26.3. The molecule has 0 bridgehead atoms. The zero-order chi connectivity index (χ0) is 58.5. The van der Waals surface area contributed by atoms with E-state index in [2.05, 4.69) is 50.4 Å². The van der Waals surface area contributed by atoms with Crippen molar-refractivity contribution < 1.29 is 100.0 Å². The first kappa shape index (κ1) is 65.3. The van der Waals surface area contributed by atoms with E-state index in [1.54, 1.807) is 24.3 Å². The van der Waals surface area contributed by atoms with E-state index in [4.69, 9.17) is 24.6 Å². The maximum atomic E-state index is 13.5. The van der Waals surface area contributed by atoms with Crippen LogP contribution in [0.5, 0.6) is 0 Å². The van der Waals surface area contributed by atoms with E-state index < -0.39 is 125 Å². The van der Waals surface area contributed by atoms with Crippen LogP contribution in [0.2, 0.25) is 0 Å². The number of nitrogen functional groups attached to an aromatic ring is 1. The summed E-state index contributed by atoms with van der Waals surface area (Å²) < 4.78 is 62.0. The number of phosphoric ester groups is 3. The molecule has 1 aromatic carbocycles. The highest BCUT2D eigenvalue weighted by molar-refractivity contribution is 8.14. The van der Waals surface area contributed by atoms with Gasteiger partial charge in [0.2, 0.25) is 28.7 Å². The lowest BCUT2D eigenvalue weighted by Crippen LogP contribution is -2.57. The topological polar surface area (TPSA) is 471 Å². The van der Waals surface area contributed by atoms with Crippen molar-refractivity contribution in [3.8, 4) is 0 Å². The molecule has 2 saturated heterocycles. The Kier molecular flexibility index (Phi) is 23.5. The average molecular weight is 1220 g/mol. The van der Waals surface area contributed by atoms with Crippen LogP contribution in [0.15, 0.2) is 43.0 Å². The third-order valence-corrected chi connectivity index (χ3v) is 17.4. The second-order valence-electron chi connectivity index (χ2n) is 19.2. The van der Waals surface area contributed by atoms with Crippen LogP contribution in [-0.2, 0) is 71.5 Å². The first-order chi connectivity index (χ1) is 36.9. The molecule has 79 heavy (non-hydrogen) atoms. The SMILES string of the molecule is CC(C)(COP(=O)(O)OP(=O)(O)OCC1OC(n2cnc3c(N)ncnc32)C(O)C1OP(=O)(O)O)C(O)C(=O)NCCC(=O)NCCSC(=O)C1NC(C(NC(=O)Cc2ccccc2)C(=O)NCCCCCC(=O)O)SC1(C)C. The second kappa shape index (κ2) is 28.5. The van der Waals surface area contributed by atoms with Gasteiger partial charge in [-0.05, 0) is 32.3 Å². The summed E-state index contributed by atoms with van der Waals surface area (Å²) in [4.78, 5) is 128. The van der Waals surface area contributed by atoms with Gasteiger partial charge in [-0.2, -0.15) is 4.31 Å². The van der Waals surface area contributed by atoms with Crippen LogP contribution in [0.3, 0.4) is 0 Å². The number of aliphatic hydroxyl groups is 2. The number of aliphatic carboxylic acids is 1. The number of fused-ring (bicyclic) bond motifs is 1. The number of unbranched alkanes of at least 4 members (excludes halogenated alkanes) is 2. The Balaban J connectivity index is 1.03. The number of amides is 4. The van der Waals surface area contributed by atoms with E-state index >= 15 is 0 Å². The molecule has 2 aliphatic rings. The molecule has 10 unspecified atom stereocenters. The maximum absolute atomic E-state index is 13.5. The number of imidazole rings is 1. The number of rotatable bonds is 31. The van der Waals surface area contributed by atoms with Gasteiger partial charge in [-0.1, -0.05) is 62.4 Å². The molecule has 36 heteroatoms. The minimum atomic E-state index is -5.63. The Morgan fingerprint density at radius 2 is 1.59 bits per heavy atom. The van der Waals surface area contributed by atoms with Crippen molar-refractivity contribution in [3.63, 3.8) is 0 Å². The number of carbonyl (C=O) groups is 6. The normalized spacial score (nSPS) is 22.5. The van der Waals surface area contributed by atoms with Gasteiger partial charge >= 0.3 is 29.4 Å². The standard InChI is InChI=1S/C43H65N10O21P3S2/c1-42(2,21-71-77(68,69)74-76(66,67)70-20-25-32(73-75(63,64)65)31(58)40(72-25)53-23-50-29-35(44)48-22-49-36(29)53)34(59)38(61)47-16-14-26(54)45-17-18-78-41(62)33-43(3,4)79-39(52-33)30(37(60)46-15-10-6-9-13-28(56)57)51-27(55)19-24-11-7-5-8-12-24/h5,7-8,11-12,22-23,25,30-34,39-40,52,58-59H,6,9-10,13-21H2,1-4H3,(H,45,54)(H,46,60)(H,47,61)(H,51,55)(H,56,57)(H,66,67)(H,68,69)(H2,44,48,49)(H2,63,64,65). The van der Waals surface area contributed by atoms with E-state index in [0.717, 1.165) is 34.5 Å². The Labute approximate surface area is 460 Å². The zero-order valence-corrected chi connectivity index (χ0v) is 47.3. The van der Waals surface area contributed by atoms with Crippen LogP contribution in [0, 0.1) is 5.41 Å². The number of aromatic nitrogens is 4. The predicted octanol–water partition coefficient (Wildman–Crippen LogP) is -0.0369. The summed E-state index contributed by atoms with van der Waals surface area (Å²) in [6.07, 6.45) is -5.72. The number of benzene rings is 1. The molecule has 0 saturated carbocycles. The average Bonchev–Trinajstić information content (AvgIpc) is 4.16. The van der Waals surface area contributed by atoms with Crippen molar-refractivity contribution >= 4 is 98.7 Å². The van der Waals surface area contributed by atoms with Gasteiger partial charge in [0.1, 0.15) is 42.3 Å². The Hall–Kier alpha value is -4.50. The number of carbonyl (C=O) groups excluding carboxylic acids is 5. The quantitative estimate of drug-likeness (QED) is 0.0297. The van der Waals surface area contributed by atoms with E-state index in [0.29, 0.717) is 19.3 Å². The third kappa shape index (κ3) is 19.9. The van der Waals surface area contributed by atoms with Crippen LogP contribution in [0.1, 0.15) is 71.6 Å². The van der Waals surface area contributed by atoms with Crippen molar-refractivity contribution in [1.82, 2.24) is 46.1 Å². The summed E-state index contributed by atoms with van der Waals surface area (Å²) in [6, 6.07) is 7.07. The lowest BCUT2D eigenvalue weighted by molar-refractivity contribution is -0.137. The number of anilines is 1. The predicted molar refractivity (Wildman–Crippen MR) is 281 cm³/mol. The van der Waals surface area contributed by atoms with Gasteiger partial charge in [0.05, 0.1) is 37.4 Å². The molecule has 31 nitrogen and oxygen atoms in total. The molecule has 3 aromatic rings. The first-order valence-corrected chi connectivity index (χ1v) is 30.6. The smallest absolute Gasteiger partial charge is 0.481 e. The van der Waals surface area contributed by atoms with Crippen molar-refractivity contribution in [2.75, 3.05) is 44.3 Å². The Morgan fingerprint density at radius 1 is 0.911 bits per heavy atom. The number of ether oxygens (including phenoxy) is 1. The fourth-order valence-electron chi connectivity index (χ4n) is 7.86. The Bertz CT molecular complexity index is 2780. The van der Waals surface area contributed by atoms with Gasteiger partial charge in [0.15, 0.2) is 17.7 Å². The molecule has 0 radical (unpaired) electrons. The zero-order valence-electron chi connectivity index (χ0n) is 43.0. The van der Waals surface area contributed by atoms with Crippen molar-refractivity contribution in [2.45, 2.75) is 119 Å². The molecule has 2 aliphatic heterocycles. The number of aliphatic hydroxyl groups excluding tert-OH is 2. The Morgan fingerprint density at radius 3 is 2.28 bits per heavy atom. The van der Waals surface area contributed by atoms with Gasteiger partial charge in [0, 0.05) is 48.4 Å². The molecule has 5 rings (SSSR count). The highest BCUT2D eigenvalue weighted by atomic mass is 32.2. The summed E-state index contributed by atoms with van der Waals surface area (Å²) in [6.45, 7) is 3.96. The van der Waals surface area contributed by atoms with E-state index in [1.807, 2.05) is 19.9 Å². The molecule has 0 aliphatic carbocycles. The largest absolute Gasteiger partial charge is 0.481 e. The monoisotopic (exact) mass is 1210 g/mol. The summed E-state index contributed by atoms with van der Waals surface area (Å²) in [5.41, 5.74) is 4.90. The minimum absolute atomic E-state index is 0.00478. The van der Waals surface area contributed by atoms with Crippen molar-refractivity contribution in [2.24, 2.45) is 5.41 Å². The molecule has 4 amide bonds. The molecular formula is C43H65N10O21P3S2. The van der Waals surface area contributed by atoms with Crippen LogP contribution < -0.4 is 32.3 Å². The number of nitrogens with two attached hydrogens (primary N) is 1. The van der Waals surface area contributed by atoms with E-state index in [9.17, 15) is 72.2 Å². The molecule has 440 valence electrons. The van der Waals surface area contributed by atoms with Gasteiger partial charge in [-0.15, -0.1) is 11.8 Å². The molecule has 4 heterocycles. The first-order valence-electron chi connectivity index (χ1n) is 24.2. The highest BCUT2D eigenvalue weighted by Gasteiger charge is 2.51. The summed E-state index contributed by atoms with van der Waals surface area (Å²) in [7, 11) is -16.6. The fourth-order valence-corrected chi connectivity index (χ4v) is 13.2. The lowest BCUT2D eigenvalue weighted by atomic mass is 9.87. The highest BCUT2D eigenvalue weighted by Crippen LogP contribution is 2.61. The number of hydrogen-bond donors (Lipinski definition) is 13. The molecule has 14 N–H and O–H groups in total. The molecule has 2 fully saturated rings. The number of carboxylic acid groups (broad SMARTS) is 1. The summed E-state index contributed by atoms with van der Waals surface area (Å²) >= 11 is 2.23. The number of nitrogens with one attached hydrogen (secondary N) is 5. The van der Waals surface area contributed by atoms with Crippen molar-refractivity contribution in [1.29, 1.82) is 0 Å². The van der Waals surface area contributed by atoms with Crippen LogP contribution in [0.4, 0.5) is 5.82 Å². The van der Waals surface area contributed by atoms with E-state index in [-0.39, 0.29) is 66.7 Å². The summed E-state index contributed by atoms with van der Waals surface area (Å²) in [5, 5.41) is 43.4. The molecular weight excluding hydrogens is 1150 g/mol. The van der Waals surface area contributed by atoms with Gasteiger partial charge in [-0.25, -0.2) is 28.6 Å².